The zero-order valence-corrected chi connectivity index (χ0v) is 39.2. The highest BCUT2D eigenvalue weighted by Crippen LogP contribution is 2.56. The number of ether oxygens (including phenoxy) is 2. The minimum absolute atomic E-state index is 0.0303. The first-order chi connectivity index (χ1) is 25.7. The number of hydrogen-bond donors (Lipinski definition) is 1. The topological polar surface area (TPSA) is 113 Å². The van der Waals surface area contributed by atoms with Gasteiger partial charge in [0.15, 0.2) is 8.32 Å². The largest absolute Gasteiger partial charge is 0.531 e. The van der Waals surface area contributed by atoms with Crippen LogP contribution in [0.25, 0.3) is 0 Å². The minimum Gasteiger partial charge on any atom is -0.444 e. The fourth-order valence-electron chi connectivity index (χ4n) is 5.37. The van der Waals surface area contributed by atoms with Crippen molar-refractivity contribution in [3.05, 3.63) is 65.2 Å². The van der Waals surface area contributed by atoms with Crippen LogP contribution in [0.5, 0.6) is 5.75 Å². The number of rotatable bonds is 22. The maximum atomic E-state index is 14.1. The van der Waals surface area contributed by atoms with Crippen LogP contribution in [-0.4, -0.2) is 67.5 Å². The van der Waals surface area contributed by atoms with Gasteiger partial charge < -0.3 is 28.4 Å². The molecule has 0 radical (unpaired) electrons. The predicted molar refractivity (Wildman–Crippen MR) is 230 cm³/mol. The van der Waals surface area contributed by atoms with Crippen molar-refractivity contribution < 1.29 is 41.9 Å². The van der Waals surface area contributed by atoms with Crippen LogP contribution < -0.4 is 4.52 Å². The van der Waals surface area contributed by atoms with Gasteiger partial charge in [-0.2, -0.15) is 0 Å². The summed E-state index contributed by atoms with van der Waals surface area (Å²) in [6, 6.07) is 15.7. The van der Waals surface area contributed by atoms with Crippen LogP contribution in [0.1, 0.15) is 144 Å². The van der Waals surface area contributed by atoms with Crippen LogP contribution in [0.3, 0.4) is 0 Å². The molecule has 0 spiro atoms. The summed E-state index contributed by atoms with van der Waals surface area (Å²) in [6.07, 6.45) is 5.33. The van der Waals surface area contributed by atoms with Gasteiger partial charge >= 0.3 is 13.9 Å². The van der Waals surface area contributed by atoms with Crippen molar-refractivity contribution in [2.75, 3.05) is 26.3 Å². The second-order valence-corrected chi connectivity index (χ2v) is 25.5. The Kier molecular flexibility index (Phi) is 19.3. The third kappa shape index (κ3) is 19.9. The lowest BCUT2D eigenvalue weighted by Crippen LogP contribution is -2.40. The van der Waals surface area contributed by atoms with E-state index in [2.05, 4.69) is 58.1 Å². The quantitative estimate of drug-likeness (QED) is 0.0704. The predicted octanol–water partition coefficient (Wildman–Crippen LogP) is 12.2. The van der Waals surface area contributed by atoms with E-state index in [1.807, 2.05) is 26.8 Å². The molecule has 0 heterocycles. The molecule has 2 aromatic rings. The van der Waals surface area contributed by atoms with Crippen molar-refractivity contribution in [3.63, 3.8) is 0 Å². The Bertz CT molecular complexity index is 1490. The number of carbonyl (C=O) groups excluding carboxylic acids is 1. The standard InChI is InChI=1S/C44H76NO9PSi/c1-41(2,3)51-40(47)45(29-21-15-16-22-30-49-31-23-20-26-35-24-18-17-19-25-35)33-38(46)36-27-28-39(37(32-36)34-50-56(13,14)44(10,11)12)52-55(48,53-42(4,5)6)54-43(7,8)9/h17-19,24-25,27-28,32,38,46H,15-16,20-23,26,29-31,33-34H2,1-14H3/t38-/m0/s1. The van der Waals surface area contributed by atoms with Crippen LogP contribution >= 0.6 is 7.82 Å². The molecule has 1 amide bonds. The van der Waals surface area contributed by atoms with Gasteiger partial charge in [-0.3, -0.25) is 9.05 Å². The molecule has 12 heteroatoms. The molecule has 320 valence electrons. The summed E-state index contributed by atoms with van der Waals surface area (Å²) < 4.78 is 50.4. The molecule has 0 aliphatic heterocycles. The summed E-state index contributed by atoms with van der Waals surface area (Å²) in [4.78, 5) is 15.0. The smallest absolute Gasteiger partial charge is 0.444 e. The highest BCUT2D eigenvalue weighted by atomic mass is 31.2. The number of aryl methyl sites for hydroxylation is 1. The molecule has 10 nitrogen and oxygen atoms in total. The number of hydrogen-bond acceptors (Lipinski definition) is 9. The lowest BCUT2D eigenvalue weighted by molar-refractivity contribution is 0.0137. The highest BCUT2D eigenvalue weighted by molar-refractivity contribution is 7.49. The number of benzene rings is 2. The molecular formula is C44H76NO9PSi. The maximum Gasteiger partial charge on any atom is 0.531 e. The zero-order valence-electron chi connectivity index (χ0n) is 37.3. The molecule has 0 saturated heterocycles. The second-order valence-electron chi connectivity index (χ2n) is 19.3. The minimum atomic E-state index is -4.13. The third-order valence-corrected chi connectivity index (χ3v) is 15.6. The van der Waals surface area contributed by atoms with E-state index in [1.54, 1.807) is 64.6 Å². The van der Waals surface area contributed by atoms with E-state index in [0.29, 0.717) is 17.7 Å². The summed E-state index contributed by atoms with van der Waals surface area (Å²) in [5.74, 6) is 0.275. The first-order valence-corrected chi connectivity index (χ1v) is 24.8. The molecule has 1 atom stereocenters. The van der Waals surface area contributed by atoms with Crippen LogP contribution in [0, 0.1) is 0 Å². The van der Waals surface area contributed by atoms with Crippen molar-refractivity contribution in [1.29, 1.82) is 0 Å². The molecule has 0 aliphatic carbocycles. The molecule has 1 N–H and O–H groups in total. The van der Waals surface area contributed by atoms with E-state index in [1.165, 1.54) is 5.56 Å². The molecule has 0 aliphatic rings. The number of amides is 1. The summed E-state index contributed by atoms with van der Waals surface area (Å²) in [5.41, 5.74) is 0.172. The average Bonchev–Trinajstić information content (AvgIpc) is 3.03. The van der Waals surface area contributed by atoms with Gasteiger partial charge in [0.05, 0.1) is 30.5 Å². The maximum absolute atomic E-state index is 14.1. The van der Waals surface area contributed by atoms with Crippen molar-refractivity contribution in [1.82, 2.24) is 4.90 Å². The normalized spacial score (nSPS) is 13.8. The number of carbonyl (C=O) groups is 1. The van der Waals surface area contributed by atoms with Crippen LogP contribution in [0.15, 0.2) is 48.5 Å². The van der Waals surface area contributed by atoms with Crippen molar-refractivity contribution in [2.45, 2.75) is 176 Å². The van der Waals surface area contributed by atoms with Gasteiger partial charge in [0.2, 0.25) is 0 Å². The number of phosphoric ester groups is 1. The molecular weight excluding hydrogens is 746 g/mol. The van der Waals surface area contributed by atoms with Crippen molar-refractivity contribution in [2.24, 2.45) is 0 Å². The second kappa shape index (κ2) is 21.7. The van der Waals surface area contributed by atoms with Crippen LogP contribution in [0.2, 0.25) is 18.1 Å². The third-order valence-electron chi connectivity index (χ3n) is 9.20. The molecule has 0 saturated carbocycles. The number of aliphatic hydroxyl groups excluding tert-OH is 1. The van der Waals surface area contributed by atoms with E-state index in [4.69, 9.17) is 27.5 Å². The van der Waals surface area contributed by atoms with Crippen molar-refractivity contribution in [3.8, 4) is 5.75 Å². The fourth-order valence-corrected chi connectivity index (χ4v) is 8.19. The Labute approximate surface area is 341 Å². The first-order valence-electron chi connectivity index (χ1n) is 20.4. The average molecular weight is 822 g/mol. The Morgan fingerprint density at radius 1 is 0.768 bits per heavy atom. The summed E-state index contributed by atoms with van der Waals surface area (Å²) in [5, 5.41) is 11.6. The summed E-state index contributed by atoms with van der Waals surface area (Å²) in [7, 11) is -6.36. The molecule has 2 rings (SSSR count). The molecule has 2 aromatic carbocycles. The molecule has 0 unspecified atom stereocenters. The monoisotopic (exact) mass is 822 g/mol. The van der Waals surface area contributed by atoms with Crippen LogP contribution in [-0.2, 0) is 40.5 Å². The van der Waals surface area contributed by atoms with Gasteiger partial charge in [0.25, 0.3) is 0 Å². The fraction of sp³-hybridized carbons (Fsp3) is 0.705. The van der Waals surface area contributed by atoms with E-state index < -0.39 is 45.1 Å². The van der Waals surface area contributed by atoms with Gasteiger partial charge in [-0.25, -0.2) is 9.36 Å². The Morgan fingerprint density at radius 2 is 1.34 bits per heavy atom. The van der Waals surface area contributed by atoms with Crippen LogP contribution in [0.4, 0.5) is 4.79 Å². The molecule has 0 fully saturated rings. The Balaban J connectivity index is 2.16. The number of phosphoric acid groups is 1. The van der Waals surface area contributed by atoms with E-state index in [0.717, 1.165) is 58.2 Å². The van der Waals surface area contributed by atoms with Gasteiger partial charge in [0, 0.05) is 25.3 Å². The van der Waals surface area contributed by atoms with Gasteiger partial charge in [-0.1, -0.05) is 70.0 Å². The Morgan fingerprint density at radius 3 is 1.89 bits per heavy atom. The number of unbranched alkanes of at least 4 members (excludes halogenated alkanes) is 4. The SMILES string of the molecule is CC(C)(C)OC(=O)N(CCCCCCOCCCCc1ccccc1)C[C@H](O)c1ccc(OP(=O)(OC(C)(C)C)OC(C)(C)C)c(CO[Si](C)(C)C(C)(C)C)c1. The lowest BCUT2D eigenvalue weighted by Gasteiger charge is -2.36. The molecule has 56 heavy (non-hydrogen) atoms. The molecule has 0 bridgehead atoms. The summed E-state index contributed by atoms with van der Waals surface area (Å²) in [6.45, 7) is 29.1. The van der Waals surface area contributed by atoms with Gasteiger partial charge in [0.1, 0.15) is 11.4 Å². The Hall–Kier alpha value is -2.24. The van der Waals surface area contributed by atoms with Gasteiger partial charge in [-0.05, 0) is 136 Å². The lowest BCUT2D eigenvalue weighted by atomic mass is 10.0. The number of nitrogens with zero attached hydrogens (tertiary/aromatic N) is 1. The highest BCUT2D eigenvalue weighted by Gasteiger charge is 2.40. The van der Waals surface area contributed by atoms with E-state index >= 15 is 0 Å². The van der Waals surface area contributed by atoms with E-state index in [-0.39, 0.29) is 23.9 Å². The molecule has 0 aromatic heterocycles. The summed E-state index contributed by atoms with van der Waals surface area (Å²) >= 11 is 0. The van der Waals surface area contributed by atoms with E-state index in [9.17, 15) is 14.5 Å². The van der Waals surface area contributed by atoms with Crippen molar-refractivity contribution >= 4 is 22.2 Å². The van der Waals surface area contributed by atoms with Gasteiger partial charge in [-0.15, -0.1) is 0 Å². The zero-order chi connectivity index (χ0) is 42.4. The first kappa shape index (κ1) is 49.9. The number of aliphatic hydroxyl groups is 1.